The van der Waals surface area contributed by atoms with Crippen LogP contribution in [0.4, 0.5) is 8.78 Å². The van der Waals surface area contributed by atoms with E-state index in [-0.39, 0.29) is 6.42 Å². The lowest BCUT2D eigenvalue weighted by Crippen LogP contribution is -2.71. The number of hydrogen-bond donors (Lipinski definition) is 2. The van der Waals surface area contributed by atoms with Gasteiger partial charge in [0.05, 0.1) is 0 Å². The van der Waals surface area contributed by atoms with E-state index in [1.807, 2.05) is 0 Å². The van der Waals surface area contributed by atoms with Crippen LogP contribution in [0.3, 0.4) is 0 Å². The van der Waals surface area contributed by atoms with Crippen LogP contribution in [0.5, 0.6) is 0 Å². The summed E-state index contributed by atoms with van der Waals surface area (Å²) in [5, 5.41) is 8.89. The van der Waals surface area contributed by atoms with Gasteiger partial charge < -0.3 is 10.8 Å². The highest BCUT2D eigenvalue weighted by Gasteiger charge is 2.46. The predicted octanol–water partition coefficient (Wildman–Crippen LogP) is -0.223. The standard InChI is InChI=1S/C6H11F2NO/c7-6(8)3-1-2-4(9)5(6)10/h4-5,10H,1-3,9H2/p+1/t4-,5+/m1/s1. The Hall–Kier alpha value is -0.220. The number of aliphatic hydroxyl groups excluding tert-OH is 1. The van der Waals surface area contributed by atoms with Crippen molar-refractivity contribution in [2.24, 2.45) is 0 Å². The maximum absolute atomic E-state index is 12.6. The fourth-order valence-electron chi connectivity index (χ4n) is 1.25. The molecule has 1 saturated carbocycles. The minimum absolute atomic E-state index is 0.194. The van der Waals surface area contributed by atoms with Crippen molar-refractivity contribution in [2.75, 3.05) is 0 Å². The first-order valence-electron chi connectivity index (χ1n) is 3.43. The van der Waals surface area contributed by atoms with Gasteiger partial charge in [-0.05, 0) is 6.42 Å². The topological polar surface area (TPSA) is 47.9 Å². The zero-order valence-corrected chi connectivity index (χ0v) is 5.69. The Morgan fingerprint density at radius 1 is 1.50 bits per heavy atom. The van der Waals surface area contributed by atoms with E-state index in [0.717, 1.165) is 0 Å². The maximum atomic E-state index is 12.6. The molecule has 4 N–H and O–H groups in total. The summed E-state index contributed by atoms with van der Waals surface area (Å²) in [7, 11) is 0. The van der Waals surface area contributed by atoms with E-state index in [1.54, 1.807) is 0 Å². The van der Waals surface area contributed by atoms with Crippen LogP contribution in [0, 0.1) is 0 Å². The number of rotatable bonds is 0. The summed E-state index contributed by atoms with van der Waals surface area (Å²) in [5.74, 6) is -2.90. The molecule has 4 heteroatoms. The third kappa shape index (κ3) is 1.27. The molecule has 0 aromatic carbocycles. The Morgan fingerprint density at radius 3 is 2.50 bits per heavy atom. The first-order chi connectivity index (χ1) is 4.54. The van der Waals surface area contributed by atoms with Crippen molar-refractivity contribution in [3.63, 3.8) is 0 Å². The van der Waals surface area contributed by atoms with E-state index in [9.17, 15) is 8.78 Å². The average molecular weight is 152 g/mol. The molecule has 0 aromatic heterocycles. The summed E-state index contributed by atoms with van der Waals surface area (Å²) in [6, 6.07) is -0.497. The molecule has 1 fully saturated rings. The second-order valence-electron chi connectivity index (χ2n) is 2.86. The van der Waals surface area contributed by atoms with Crippen molar-refractivity contribution < 1.29 is 19.6 Å². The van der Waals surface area contributed by atoms with E-state index in [2.05, 4.69) is 5.73 Å². The molecule has 2 atom stereocenters. The van der Waals surface area contributed by atoms with Crippen LogP contribution in [-0.4, -0.2) is 23.2 Å². The Bertz CT molecular complexity index is 129. The maximum Gasteiger partial charge on any atom is 0.279 e. The van der Waals surface area contributed by atoms with Crippen molar-refractivity contribution in [3.8, 4) is 0 Å². The monoisotopic (exact) mass is 152 g/mol. The van der Waals surface area contributed by atoms with Gasteiger partial charge in [-0.15, -0.1) is 0 Å². The minimum atomic E-state index is -2.90. The van der Waals surface area contributed by atoms with Crippen LogP contribution >= 0.6 is 0 Å². The number of aliphatic hydroxyl groups is 1. The molecular formula is C6H12F2NO+. The van der Waals surface area contributed by atoms with Gasteiger partial charge in [0.15, 0.2) is 6.10 Å². The van der Waals surface area contributed by atoms with Crippen molar-refractivity contribution in [1.82, 2.24) is 0 Å². The van der Waals surface area contributed by atoms with Crippen LogP contribution in [0.15, 0.2) is 0 Å². The summed E-state index contributed by atoms with van der Waals surface area (Å²) in [6.07, 6.45) is -0.643. The minimum Gasteiger partial charge on any atom is -0.381 e. The first kappa shape index (κ1) is 7.88. The fourth-order valence-corrected chi connectivity index (χ4v) is 1.25. The van der Waals surface area contributed by atoms with E-state index in [0.29, 0.717) is 12.8 Å². The quantitative estimate of drug-likeness (QED) is 0.495. The zero-order chi connectivity index (χ0) is 7.78. The molecule has 2 nitrogen and oxygen atoms in total. The molecule has 0 saturated heterocycles. The average Bonchev–Trinajstić information content (AvgIpc) is 1.83. The summed E-state index contributed by atoms with van der Waals surface area (Å²) in [4.78, 5) is 0. The number of alkyl halides is 2. The Balaban J connectivity index is 2.60. The first-order valence-corrected chi connectivity index (χ1v) is 3.43. The Morgan fingerprint density at radius 2 is 2.10 bits per heavy atom. The van der Waals surface area contributed by atoms with Gasteiger partial charge in [0.2, 0.25) is 0 Å². The summed E-state index contributed by atoms with van der Waals surface area (Å²) in [6.45, 7) is 0. The van der Waals surface area contributed by atoms with Gasteiger partial charge in [-0.2, -0.15) is 0 Å². The zero-order valence-electron chi connectivity index (χ0n) is 5.69. The normalized spacial score (nSPS) is 39.6. The van der Waals surface area contributed by atoms with Gasteiger partial charge in [0.25, 0.3) is 5.92 Å². The van der Waals surface area contributed by atoms with E-state index < -0.39 is 18.1 Å². The molecule has 1 aliphatic rings. The molecule has 0 aromatic rings. The lowest BCUT2D eigenvalue weighted by molar-refractivity contribution is -0.456. The molecule has 0 radical (unpaired) electrons. The van der Waals surface area contributed by atoms with Crippen molar-refractivity contribution in [2.45, 2.75) is 37.3 Å². The predicted molar refractivity (Wildman–Crippen MR) is 31.5 cm³/mol. The molecule has 0 amide bonds. The third-order valence-electron chi connectivity index (χ3n) is 1.96. The van der Waals surface area contributed by atoms with Crippen molar-refractivity contribution in [3.05, 3.63) is 0 Å². The number of hydrogen-bond acceptors (Lipinski definition) is 1. The van der Waals surface area contributed by atoms with Gasteiger partial charge in [-0.3, -0.25) is 0 Å². The highest BCUT2D eigenvalue weighted by Crippen LogP contribution is 2.31. The lowest BCUT2D eigenvalue weighted by atomic mass is 9.90. The Labute approximate surface area is 58.0 Å². The van der Waals surface area contributed by atoms with Gasteiger partial charge in [0.1, 0.15) is 6.04 Å². The number of halogens is 2. The van der Waals surface area contributed by atoms with Crippen molar-refractivity contribution in [1.29, 1.82) is 0 Å². The molecule has 0 spiro atoms. The lowest BCUT2D eigenvalue weighted by Gasteiger charge is -2.29. The molecule has 0 unspecified atom stereocenters. The van der Waals surface area contributed by atoms with E-state index in [4.69, 9.17) is 5.11 Å². The van der Waals surface area contributed by atoms with Crippen LogP contribution in [-0.2, 0) is 0 Å². The van der Waals surface area contributed by atoms with E-state index >= 15 is 0 Å². The van der Waals surface area contributed by atoms with Crippen LogP contribution in [0.1, 0.15) is 19.3 Å². The smallest absolute Gasteiger partial charge is 0.279 e. The number of quaternary nitrogens is 1. The van der Waals surface area contributed by atoms with Crippen LogP contribution in [0.2, 0.25) is 0 Å². The molecule has 0 aliphatic heterocycles. The van der Waals surface area contributed by atoms with Crippen LogP contribution in [0.25, 0.3) is 0 Å². The summed E-state index contributed by atoms with van der Waals surface area (Å²) < 4.78 is 25.1. The summed E-state index contributed by atoms with van der Waals surface area (Å²) >= 11 is 0. The van der Waals surface area contributed by atoms with Gasteiger partial charge >= 0.3 is 0 Å². The van der Waals surface area contributed by atoms with Crippen molar-refractivity contribution >= 4 is 0 Å². The fraction of sp³-hybridized carbons (Fsp3) is 1.00. The molecule has 0 bridgehead atoms. The molecule has 60 valence electrons. The second-order valence-corrected chi connectivity index (χ2v) is 2.86. The molecule has 10 heavy (non-hydrogen) atoms. The molecule has 1 rings (SSSR count). The Kier molecular flexibility index (Phi) is 1.92. The highest BCUT2D eigenvalue weighted by atomic mass is 19.3. The van der Waals surface area contributed by atoms with Gasteiger partial charge in [-0.25, -0.2) is 8.78 Å². The third-order valence-corrected chi connectivity index (χ3v) is 1.96. The molecule has 0 heterocycles. The van der Waals surface area contributed by atoms with Gasteiger partial charge in [-0.1, -0.05) is 0 Å². The van der Waals surface area contributed by atoms with Crippen LogP contribution < -0.4 is 5.73 Å². The molecule has 1 aliphatic carbocycles. The van der Waals surface area contributed by atoms with E-state index in [1.165, 1.54) is 0 Å². The molecular weight excluding hydrogens is 140 g/mol. The highest BCUT2D eigenvalue weighted by molar-refractivity contribution is 4.86. The summed E-state index contributed by atoms with van der Waals surface area (Å²) in [5.41, 5.74) is 3.44. The largest absolute Gasteiger partial charge is 0.381 e. The van der Waals surface area contributed by atoms with Gasteiger partial charge in [0, 0.05) is 12.8 Å². The second kappa shape index (κ2) is 2.43. The SMILES string of the molecule is [NH3+][C@@H]1CCCC(F)(F)[C@H]1O.